The molecule has 150 valence electrons. The van der Waals surface area contributed by atoms with Gasteiger partial charge < -0.3 is 19.0 Å². The maximum absolute atomic E-state index is 12.1. The van der Waals surface area contributed by atoms with Crippen LogP contribution in [0.1, 0.15) is 23.6 Å². The molecule has 0 saturated heterocycles. The van der Waals surface area contributed by atoms with Gasteiger partial charge in [-0.3, -0.25) is 0 Å². The molecule has 0 aromatic heterocycles. The maximum Gasteiger partial charge on any atom is 0.341 e. The average molecular weight is 394 g/mol. The fourth-order valence-electron chi connectivity index (χ4n) is 2.54. The Hall–Kier alpha value is -3.79. The number of oxime groups is 1. The topological polar surface area (TPSA) is 90.1 Å². The second-order valence-corrected chi connectivity index (χ2v) is 5.84. The third kappa shape index (κ3) is 6.11. The van der Waals surface area contributed by atoms with E-state index in [9.17, 15) is 4.79 Å². The maximum atomic E-state index is 12.1. The Morgan fingerprint density at radius 2 is 1.97 bits per heavy atom. The lowest BCUT2D eigenvalue weighted by molar-refractivity contribution is -0.133. The van der Waals surface area contributed by atoms with Crippen LogP contribution in [-0.4, -0.2) is 32.5 Å². The summed E-state index contributed by atoms with van der Waals surface area (Å²) in [5, 5.41) is 12.8. The molecule has 2 rings (SSSR count). The van der Waals surface area contributed by atoms with Gasteiger partial charge in [-0.25, -0.2) is 4.79 Å². The number of esters is 1. The summed E-state index contributed by atoms with van der Waals surface area (Å²) in [7, 11) is 2.78. The van der Waals surface area contributed by atoms with Crippen molar-refractivity contribution in [2.24, 2.45) is 5.16 Å². The van der Waals surface area contributed by atoms with Gasteiger partial charge in [0.2, 0.25) is 0 Å². The Morgan fingerprint density at radius 1 is 1.17 bits per heavy atom. The monoisotopic (exact) mass is 394 g/mol. The van der Waals surface area contributed by atoms with Gasteiger partial charge in [0.15, 0.2) is 6.61 Å². The van der Waals surface area contributed by atoms with E-state index in [1.807, 2.05) is 36.4 Å². The molecule has 7 nitrogen and oxygen atoms in total. The molecule has 0 atom stereocenters. The molecule has 2 aromatic rings. The van der Waals surface area contributed by atoms with Gasteiger partial charge in [0.05, 0.1) is 26.2 Å². The minimum absolute atomic E-state index is 0.0234. The van der Waals surface area contributed by atoms with E-state index in [2.05, 4.69) is 5.16 Å². The first-order valence-corrected chi connectivity index (χ1v) is 8.77. The summed E-state index contributed by atoms with van der Waals surface area (Å²) in [5.74, 6) is 0.0736. The second kappa shape index (κ2) is 11.1. The quantitative estimate of drug-likeness (QED) is 0.212. The van der Waals surface area contributed by atoms with E-state index < -0.39 is 5.97 Å². The van der Waals surface area contributed by atoms with Gasteiger partial charge in [-0.15, -0.1) is 0 Å². The van der Waals surface area contributed by atoms with E-state index in [0.29, 0.717) is 17.0 Å². The lowest BCUT2D eigenvalue weighted by atomic mass is 10.0. The van der Waals surface area contributed by atoms with E-state index in [0.717, 1.165) is 11.1 Å². The zero-order valence-corrected chi connectivity index (χ0v) is 16.5. The SMILES string of the molecule is CO/C=C(/C(=O)OC)c1ccccc1CO/N=C(\C)c1cccc(OCC#N)c1. The number of ether oxygens (including phenoxy) is 3. The molecule has 7 heteroatoms. The van der Waals surface area contributed by atoms with Crippen molar-refractivity contribution in [3.05, 3.63) is 71.5 Å². The molecule has 29 heavy (non-hydrogen) atoms. The Kier molecular flexibility index (Phi) is 8.27. The Bertz CT molecular complexity index is 944. The number of nitriles is 1. The van der Waals surface area contributed by atoms with Crippen molar-refractivity contribution in [2.45, 2.75) is 13.5 Å². The summed E-state index contributed by atoms with van der Waals surface area (Å²) in [6, 6.07) is 16.4. The van der Waals surface area contributed by atoms with Crippen LogP contribution in [0.2, 0.25) is 0 Å². The largest absolute Gasteiger partial charge is 0.503 e. The Morgan fingerprint density at radius 3 is 2.69 bits per heavy atom. The number of methoxy groups -OCH3 is 2. The molecule has 0 saturated carbocycles. The van der Waals surface area contributed by atoms with E-state index in [4.69, 9.17) is 24.3 Å². The molecule has 0 fully saturated rings. The van der Waals surface area contributed by atoms with Crippen LogP contribution in [-0.2, 0) is 25.7 Å². The fraction of sp³-hybridized carbons (Fsp3) is 0.227. The van der Waals surface area contributed by atoms with Crippen molar-refractivity contribution in [1.29, 1.82) is 5.26 Å². The first kappa shape index (κ1) is 21.5. The van der Waals surface area contributed by atoms with Gasteiger partial charge >= 0.3 is 5.97 Å². The Labute approximate surface area is 169 Å². The molecule has 0 N–H and O–H groups in total. The summed E-state index contributed by atoms with van der Waals surface area (Å²) >= 11 is 0. The zero-order valence-electron chi connectivity index (χ0n) is 16.5. The van der Waals surface area contributed by atoms with E-state index >= 15 is 0 Å². The number of benzene rings is 2. The van der Waals surface area contributed by atoms with E-state index in [-0.39, 0.29) is 18.8 Å². The first-order valence-electron chi connectivity index (χ1n) is 8.77. The third-order valence-corrected chi connectivity index (χ3v) is 3.93. The molecule has 0 radical (unpaired) electrons. The van der Waals surface area contributed by atoms with Crippen molar-refractivity contribution in [3.63, 3.8) is 0 Å². The number of hydrogen-bond acceptors (Lipinski definition) is 7. The number of hydrogen-bond donors (Lipinski definition) is 0. The zero-order chi connectivity index (χ0) is 21.1. The molecule has 0 amide bonds. The van der Waals surface area contributed by atoms with Crippen molar-refractivity contribution in [1.82, 2.24) is 0 Å². The van der Waals surface area contributed by atoms with Crippen LogP contribution in [0.15, 0.2) is 59.9 Å². The summed E-state index contributed by atoms with van der Waals surface area (Å²) in [6.07, 6.45) is 1.34. The molecule has 0 aliphatic rings. The number of carbonyl (C=O) groups is 1. The van der Waals surface area contributed by atoms with Gasteiger partial charge in [0.1, 0.15) is 24.0 Å². The van der Waals surface area contributed by atoms with Gasteiger partial charge in [0, 0.05) is 11.1 Å². The van der Waals surface area contributed by atoms with E-state index in [1.54, 1.807) is 25.1 Å². The van der Waals surface area contributed by atoms with Crippen molar-refractivity contribution in [3.8, 4) is 11.8 Å². The van der Waals surface area contributed by atoms with Gasteiger partial charge in [-0.1, -0.05) is 41.6 Å². The van der Waals surface area contributed by atoms with E-state index in [1.165, 1.54) is 20.5 Å². The summed E-state index contributed by atoms with van der Waals surface area (Å²) in [5.41, 5.74) is 3.14. The third-order valence-electron chi connectivity index (χ3n) is 3.93. The first-order chi connectivity index (χ1) is 14.1. The average Bonchev–Trinajstić information content (AvgIpc) is 2.76. The second-order valence-electron chi connectivity index (χ2n) is 5.84. The van der Waals surface area contributed by atoms with Crippen molar-refractivity contribution >= 4 is 17.3 Å². The lowest BCUT2D eigenvalue weighted by Gasteiger charge is -2.11. The normalized spacial score (nSPS) is 11.4. The number of nitrogens with zero attached hydrogens (tertiary/aromatic N) is 2. The van der Waals surface area contributed by atoms with Crippen LogP contribution < -0.4 is 4.74 Å². The highest BCUT2D eigenvalue weighted by molar-refractivity contribution is 6.16. The van der Waals surface area contributed by atoms with Gasteiger partial charge in [-0.2, -0.15) is 5.26 Å². The highest BCUT2D eigenvalue weighted by atomic mass is 16.6. The van der Waals surface area contributed by atoms with Crippen LogP contribution in [0.4, 0.5) is 0 Å². The van der Waals surface area contributed by atoms with Crippen LogP contribution in [0.3, 0.4) is 0 Å². The minimum atomic E-state index is -0.506. The van der Waals surface area contributed by atoms with Crippen LogP contribution in [0, 0.1) is 11.3 Å². The van der Waals surface area contributed by atoms with Crippen molar-refractivity contribution in [2.75, 3.05) is 20.8 Å². The van der Waals surface area contributed by atoms with Gasteiger partial charge in [-0.05, 0) is 24.6 Å². The molecule has 0 aliphatic heterocycles. The number of rotatable bonds is 9. The molecular weight excluding hydrogens is 372 g/mol. The fourth-order valence-corrected chi connectivity index (χ4v) is 2.54. The summed E-state index contributed by atoms with van der Waals surface area (Å²) in [6.45, 7) is 1.93. The summed E-state index contributed by atoms with van der Waals surface area (Å²) < 4.78 is 15.1. The van der Waals surface area contributed by atoms with Crippen LogP contribution >= 0.6 is 0 Å². The number of carbonyl (C=O) groups excluding carboxylic acids is 1. The molecule has 2 aromatic carbocycles. The van der Waals surface area contributed by atoms with Crippen LogP contribution in [0.25, 0.3) is 5.57 Å². The van der Waals surface area contributed by atoms with Crippen LogP contribution in [0.5, 0.6) is 5.75 Å². The molecule has 0 aliphatic carbocycles. The molecular formula is C22H22N2O5. The highest BCUT2D eigenvalue weighted by Crippen LogP contribution is 2.22. The van der Waals surface area contributed by atoms with Crippen molar-refractivity contribution < 1.29 is 23.8 Å². The predicted octanol–water partition coefficient (Wildman–Crippen LogP) is 3.69. The molecule has 0 spiro atoms. The molecule has 0 unspecified atom stereocenters. The molecule has 0 bridgehead atoms. The van der Waals surface area contributed by atoms with Gasteiger partial charge in [0.25, 0.3) is 0 Å². The minimum Gasteiger partial charge on any atom is -0.503 e. The Balaban J connectivity index is 2.15. The highest BCUT2D eigenvalue weighted by Gasteiger charge is 2.16. The standard InChI is InChI=1S/C22H22N2O5/c1-16(17-8-6-9-19(13-17)28-12-11-23)24-29-14-18-7-4-5-10-20(18)21(15-26-2)22(25)27-3/h4-10,13,15H,12,14H2,1-3H3/b21-15+,24-16+. The summed E-state index contributed by atoms with van der Waals surface area (Å²) in [4.78, 5) is 17.6. The predicted molar refractivity (Wildman–Crippen MR) is 108 cm³/mol. The smallest absolute Gasteiger partial charge is 0.341 e. The molecule has 0 heterocycles. The lowest BCUT2D eigenvalue weighted by Crippen LogP contribution is -2.07.